The van der Waals surface area contributed by atoms with Crippen LogP contribution in [0.25, 0.3) is 10.8 Å². The third kappa shape index (κ3) is 1.31. The van der Waals surface area contributed by atoms with Crippen molar-refractivity contribution in [3.63, 3.8) is 0 Å². The van der Waals surface area contributed by atoms with E-state index >= 15 is 0 Å². The predicted molar refractivity (Wildman–Crippen MR) is 51.1 cm³/mol. The van der Waals surface area contributed by atoms with E-state index in [1.807, 2.05) is 0 Å². The highest BCUT2D eigenvalue weighted by atomic mass is 35.5. The van der Waals surface area contributed by atoms with Crippen molar-refractivity contribution in [1.82, 2.24) is 4.98 Å². The Balaban J connectivity index is 2.87. The summed E-state index contributed by atoms with van der Waals surface area (Å²) < 4.78 is 13.3. The van der Waals surface area contributed by atoms with Gasteiger partial charge in [-0.05, 0) is 17.5 Å². The van der Waals surface area contributed by atoms with Crippen molar-refractivity contribution in [2.24, 2.45) is 0 Å². The minimum atomic E-state index is -0.452. The zero-order valence-corrected chi connectivity index (χ0v) is 7.35. The Morgan fingerprint density at radius 1 is 1.38 bits per heavy atom. The van der Waals surface area contributed by atoms with Crippen LogP contribution in [-0.2, 0) is 0 Å². The van der Waals surface area contributed by atoms with Crippen molar-refractivity contribution in [2.45, 2.75) is 0 Å². The lowest BCUT2D eigenvalue weighted by Crippen LogP contribution is -1.90. The normalized spacial score (nSPS) is 10.6. The molecule has 0 fully saturated rings. The first-order chi connectivity index (χ1) is 6.18. The zero-order chi connectivity index (χ0) is 9.42. The average Bonchev–Trinajstić information content (AvgIpc) is 2.12. The van der Waals surface area contributed by atoms with Crippen LogP contribution >= 0.6 is 11.6 Å². The quantitative estimate of drug-likeness (QED) is 0.704. The lowest BCUT2D eigenvalue weighted by atomic mass is 10.1. The molecule has 2 N–H and O–H groups in total. The van der Waals surface area contributed by atoms with Crippen molar-refractivity contribution in [3.8, 4) is 0 Å². The lowest BCUT2D eigenvalue weighted by molar-refractivity contribution is 0.640. The largest absolute Gasteiger partial charge is 0.384 e. The van der Waals surface area contributed by atoms with Gasteiger partial charge in [-0.3, -0.25) is 0 Å². The van der Waals surface area contributed by atoms with Crippen LogP contribution in [0, 0.1) is 5.82 Å². The topological polar surface area (TPSA) is 38.9 Å². The zero-order valence-electron chi connectivity index (χ0n) is 6.59. The van der Waals surface area contributed by atoms with Crippen LogP contribution in [0.2, 0.25) is 5.02 Å². The second kappa shape index (κ2) is 2.85. The van der Waals surface area contributed by atoms with E-state index in [-0.39, 0.29) is 5.02 Å². The number of halogens is 2. The molecule has 0 aliphatic rings. The average molecular weight is 197 g/mol. The van der Waals surface area contributed by atoms with Crippen LogP contribution in [0.3, 0.4) is 0 Å². The number of nitrogens with zero attached hydrogens (tertiary/aromatic N) is 1. The first-order valence-corrected chi connectivity index (χ1v) is 4.05. The summed E-state index contributed by atoms with van der Waals surface area (Å²) in [4.78, 5) is 3.79. The first-order valence-electron chi connectivity index (χ1n) is 3.68. The summed E-state index contributed by atoms with van der Waals surface area (Å²) in [6.45, 7) is 0. The van der Waals surface area contributed by atoms with Crippen LogP contribution in [0.5, 0.6) is 0 Å². The van der Waals surface area contributed by atoms with Gasteiger partial charge in [0.25, 0.3) is 0 Å². The number of fused-ring (bicyclic) bond motifs is 1. The van der Waals surface area contributed by atoms with Crippen molar-refractivity contribution in [1.29, 1.82) is 0 Å². The molecule has 0 atom stereocenters. The Hall–Kier alpha value is -1.35. The number of pyridine rings is 1. The second-order valence-corrected chi connectivity index (χ2v) is 3.10. The molecule has 2 aromatic rings. The van der Waals surface area contributed by atoms with Crippen molar-refractivity contribution in [3.05, 3.63) is 35.2 Å². The van der Waals surface area contributed by atoms with Gasteiger partial charge in [-0.15, -0.1) is 0 Å². The van der Waals surface area contributed by atoms with Gasteiger partial charge in [-0.25, -0.2) is 9.37 Å². The molecule has 1 heterocycles. The minimum Gasteiger partial charge on any atom is -0.384 e. The maximum Gasteiger partial charge on any atom is 0.151 e. The van der Waals surface area contributed by atoms with E-state index in [1.165, 1.54) is 12.3 Å². The fourth-order valence-corrected chi connectivity index (χ4v) is 1.34. The summed E-state index contributed by atoms with van der Waals surface area (Å²) in [5, 5.41) is 1.19. The molecule has 0 radical (unpaired) electrons. The molecule has 0 unspecified atom stereocenters. The highest BCUT2D eigenvalue weighted by molar-refractivity contribution is 6.31. The number of hydrogen-bond donors (Lipinski definition) is 1. The van der Waals surface area contributed by atoms with Crippen molar-refractivity contribution >= 4 is 28.2 Å². The Bertz CT molecular complexity index is 470. The summed E-state index contributed by atoms with van der Waals surface area (Å²) in [7, 11) is 0. The van der Waals surface area contributed by atoms with Crippen LogP contribution in [-0.4, -0.2) is 4.98 Å². The number of anilines is 1. The van der Waals surface area contributed by atoms with Crippen LogP contribution in [0.15, 0.2) is 24.4 Å². The smallest absolute Gasteiger partial charge is 0.151 e. The van der Waals surface area contributed by atoms with E-state index in [1.54, 1.807) is 12.1 Å². The summed E-state index contributed by atoms with van der Waals surface area (Å²) >= 11 is 5.59. The maximum absolute atomic E-state index is 13.3. The van der Waals surface area contributed by atoms with Gasteiger partial charge < -0.3 is 5.73 Å². The molecule has 0 saturated heterocycles. The summed E-state index contributed by atoms with van der Waals surface area (Å²) in [6.07, 6.45) is 1.38. The number of aromatic nitrogens is 1. The lowest BCUT2D eigenvalue weighted by Gasteiger charge is -2.01. The van der Waals surface area contributed by atoms with Gasteiger partial charge in [0, 0.05) is 11.6 Å². The number of nitrogens with two attached hydrogens (primary N) is 1. The van der Waals surface area contributed by atoms with Gasteiger partial charge in [0.2, 0.25) is 0 Å². The molecule has 0 aliphatic heterocycles. The Morgan fingerprint density at radius 3 is 2.92 bits per heavy atom. The predicted octanol–water partition coefficient (Wildman–Crippen LogP) is 2.61. The van der Waals surface area contributed by atoms with E-state index in [9.17, 15) is 4.39 Å². The fourth-order valence-electron chi connectivity index (χ4n) is 1.17. The van der Waals surface area contributed by atoms with Crippen LogP contribution in [0.1, 0.15) is 0 Å². The number of hydrogen-bond acceptors (Lipinski definition) is 2. The fraction of sp³-hybridized carbons (Fsp3) is 0. The molecule has 13 heavy (non-hydrogen) atoms. The van der Waals surface area contributed by atoms with Gasteiger partial charge in [0.05, 0.1) is 5.02 Å². The monoisotopic (exact) mass is 196 g/mol. The summed E-state index contributed by atoms with van der Waals surface area (Å²) in [5.41, 5.74) is 5.45. The van der Waals surface area contributed by atoms with E-state index in [2.05, 4.69) is 4.98 Å². The highest BCUT2D eigenvalue weighted by Gasteiger charge is 2.05. The standard InChI is InChI=1S/C9H6ClFN2/c10-7-2-1-5-3-8(12)13-4-6(5)9(7)11/h1-4H,(H2,12,13). The van der Waals surface area contributed by atoms with Gasteiger partial charge in [0.15, 0.2) is 5.82 Å². The van der Waals surface area contributed by atoms with Crippen LogP contribution < -0.4 is 5.73 Å². The molecule has 2 rings (SSSR count). The highest BCUT2D eigenvalue weighted by Crippen LogP contribution is 2.24. The Kier molecular flexibility index (Phi) is 1.81. The van der Waals surface area contributed by atoms with E-state index < -0.39 is 5.82 Å². The van der Waals surface area contributed by atoms with Gasteiger partial charge in [-0.1, -0.05) is 17.7 Å². The minimum absolute atomic E-state index is 0.0964. The number of nitrogen functional groups attached to an aromatic ring is 1. The third-order valence-corrected chi connectivity index (χ3v) is 2.10. The molecular weight excluding hydrogens is 191 g/mol. The van der Waals surface area contributed by atoms with Crippen molar-refractivity contribution < 1.29 is 4.39 Å². The second-order valence-electron chi connectivity index (χ2n) is 2.69. The molecule has 4 heteroatoms. The molecule has 1 aromatic carbocycles. The molecule has 66 valence electrons. The van der Waals surface area contributed by atoms with E-state index in [0.717, 1.165) is 0 Å². The molecule has 2 nitrogen and oxygen atoms in total. The molecule has 1 aromatic heterocycles. The number of rotatable bonds is 0. The summed E-state index contributed by atoms with van der Waals surface area (Å²) in [6, 6.07) is 4.81. The van der Waals surface area contributed by atoms with Gasteiger partial charge in [0.1, 0.15) is 5.82 Å². The molecule has 0 bridgehead atoms. The van der Waals surface area contributed by atoms with E-state index in [4.69, 9.17) is 17.3 Å². The van der Waals surface area contributed by atoms with Gasteiger partial charge >= 0.3 is 0 Å². The van der Waals surface area contributed by atoms with Crippen LogP contribution in [0.4, 0.5) is 10.2 Å². The van der Waals surface area contributed by atoms with E-state index in [0.29, 0.717) is 16.6 Å². The molecule has 0 amide bonds. The maximum atomic E-state index is 13.3. The Labute approximate surface area is 79.1 Å². The first kappa shape index (κ1) is 8.26. The molecule has 0 saturated carbocycles. The van der Waals surface area contributed by atoms with Crippen molar-refractivity contribution in [2.75, 3.05) is 5.73 Å². The number of benzene rings is 1. The third-order valence-electron chi connectivity index (χ3n) is 1.81. The summed E-state index contributed by atoms with van der Waals surface area (Å²) in [5.74, 6) is -0.0825. The molecule has 0 spiro atoms. The molecule has 0 aliphatic carbocycles. The Morgan fingerprint density at radius 2 is 2.15 bits per heavy atom. The van der Waals surface area contributed by atoms with Gasteiger partial charge in [-0.2, -0.15) is 0 Å². The SMILES string of the molecule is Nc1cc2ccc(Cl)c(F)c2cn1. The molecular formula is C9H6ClFN2.